The summed E-state index contributed by atoms with van der Waals surface area (Å²) in [6.45, 7) is 0.240. The molecule has 22 heavy (non-hydrogen) atoms. The third-order valence-corrected chi connectivity index (χ3v) is 3.53. The molecule has 7 heteroatoms. The monoisotopic (exact) mass is 360 g/mol. The van der Waals surface area contributed by atoms with Gasteiger partial charge in [0.05, 0.1) is 12.1 Å². The van der Waals surface area contributed by atoms with Crippen LogP contribution in [0.25, 0.3) is 0 Å². The highest BCUT2D eigenvalue weighted by Crippen LogP contribution is 2.16. The molecule has 110 valence electrons. The molecule has 1 aromatic carbocycles. The molecule has 0 unspecified atom stereocenters. The highest BCUT2D eigenvalue weighted by molar-refractivity contribution is 9.10. The van der Waals surface area contributed by atoms with E-state index < -0.39 is 0 Å². The van der Waals surface area contributed by atoms with E-state index in [-0.39, 0.29) is 23.8 Å². The fourth-order valence-electron chi connectivity index (χ4n) is 1.97. The Hall–Kier alpha value is -2.41. The molecule has 0 spiro atoms. The number of benzene rings is 1. The molecule has 0 atom stereocenters. The molecule has 0 N–H and O–H groups in total. The molecule has 5 nitrogen and oxygen atoms in total. The van der Waals surface area contributed by atoms with E-state index >= 15 is 0 Å². The number of nitrogens with zero attached hydrogens (tertiary/aromatic N) is 4. The fraction of sp³-hybridized carbons (Fsp3) is 0.0667. The van der Waals surface area contributed by atoms with Crippen LogP contribution in [-0.4, -0.2) is 25.5 Å². The molecule has 3 rings (SSSR count). The Morgan fingerprint density at radius 3 is 2.77 bits per heavy atom. The van der Waals surface area contributed by atoms with Gasteiger partial charge >= 0.3 is 0 Å². The van der Waals surface area contributed by atoms with Gasteiger partial charge < -0.3 is 0 Å². The van der Waals surface area contributed by atoms with Crippen LogP contribution in [0.4, 0.5) is 4.39 Å². The number of halogens is 2. The minimum absolute atomic E-state index is 0.240. The van der Waals surface area contributed by atoms with Crippen molar-refractivity contribution in [3.63, 3.8) is 0 Å². The Bertz CT molecular complexity index is 819. The largest absolute Gasteiger partial charge is 0.287 e. The van der Waals surface area contributed by atoms with Crippen LogP contribution in [0.3, 0.4) is 0 Å². The maximum atomic E-state index is 13.7. The van der Waals surface area contributed by atoms with Gasteiger partial charge in [0.2, 0.25) is 5.78 Å². The van der Waals surface area contributed by atoms with Gasteiger partial charge in [-0.15, -0.1) is 0 Å². The van der Waals surface area contributed by atoms with Gasteiger partial charge in [-0.25, -0.2) is 14.4 Å². The summed E-state index contributed by atoms with van der Waals surface area (Å²) in [4.78, 5) is 19.8. The Kier molecular flexibility index (Phi) is 4.06. The van der Waals surface area contributed by atoms with Crippen molar-refractivity contribution in [2.45, 2.75) is 6.54 Å². The van der Waals surface area contributed by atoms with Gasteiger partial charge in [-0.2, -0.15) is 5.10 Å². The summed E-state index contributed by atoms with van der Waals surface area (Å²) < 4.78 is 16.0. The molecule has 3 aromatic rings. The van der Waals surface area contributed by atoms with Gasteiger partial charge in [-0.05, 0) is 24.3 Å². The van der Waals surface area contributed by atoms with Gasteiger partial charge in [0.25, 0.3) is 0 Å². The van der Waals surface area contributed by atoms with Crippen LogP contribution in [0.2, 0.25) is 0 Å². The number of carbonyl (C=O) groups is 1. The summed E-state index contributed by atoms with van der Waals surface area (Å²) in [7, 11) is 0. The molecule has 0 aliphatic heterocycles. The summed E-state index contributed by atoms with van der Waals surface area (Å²) >= 11 is 3.30. The molecule has 0 bridgehead atoms. The highest BCUT2D eigenvalue weighted by atomic mass is 79.9. The van der Waals surface area contributed by atoms with Gasteiger partial charge in [0, 0.05) is 28.6 Å². The van der Waals surface area contributed by atoms with E-state index in [9.17, 15) is 9.18 Å². The normalized spacial score (nSPS) is 10.6. The average molecular weight is 361 g/mol. The molecule has 0 amide bonds. The highest BCUT2D eigenvalue weighted by Gasteiger charge is 2.13. The Labute approximate surface area is 134 Å². The van der Waals surface area contributed by atoms with E-state index in [0.29, 0.717) is 11.1 Å². The van der Waals surface area contributed by atoms with E-state index in [4.69, 9.17) is 0 Å². The van der Waals surface area contributed by atoms with Crippen molar-refractivity contribution in [2.75, 3.05) is 0 Å². The number of ketones is 1. The van der Waals surface area contributed by atoms with Crippen molar-refractivity contribution in [1.82, 2.24) is 19.7 Å². The molecular formula is C15H10BrFN4O. The first-order valence-electron chi connectivity index (χ1n) is 6.40. The van der Waals surface area contributed by atoms with Crippen molar-refractivity contribution < 1.29 is 9.18 Å². The maximum absolute atomic E-state index is 13.7. The number of hydrogen-bond acceptors (Lipinski definition) is 4. The van der Waals surface area contributed by atoms with E-state index in [2.05, 4.69) is 31.0 Å². The summed E-state index contributed by atoms with van der Waals surface area (Å²) in [5.41, 5.74) is 1.12. The third-order valence-electron chi connectivity index (χ3n) is 3.04. The minimum atomic E-state index is -0.317. The zero-order chi connectivity index (χ0) is 15.5. The lowest BCUT2D eigenvalue weighted by molar-refractivity contribution is 0.103. The molecule has 0 aliphatic rings. The van der Waals surface area contributed by atoms with Crippen molar-refractivity contribution in [3.05, 3.63) is 76.3 Å². The first-order valence-corrected chi connectivity index (χ1v) is 7.20. The smallest absolute Gasteiger partial charge is 0.216 e. The van der Waals surface area contributed by atoms with Crippen LogP contribution in [0.15, 0.2) is 53.7 Å². The molecule has 0 saturated heterocycles. The van der Waals surface area contributed by atoms with Crippen LogP contribution in [-0.2, 0) is 6.54 Å². The predicted octanol–water partition coefficient (Wildman–Crippen LogP) is 2.85. The minimum Gasteiger partial charge on any atom is -0.287 e. The molecule has 0 saturated carbocycles. The van der Waals surface area contributed by atoms with Crippen LogP contribution in [0.1, 0.15) is 21.6 Å². The van der Waals surface area contributed by atoms with Gasteiger partial charge in [0.1, 0.15) is 17.8 Å². The number of carbonyl (C=O) groups excluding carboxylic acids is 1. The maximum Gasteiger partial charge on any atom is 0.216 e. The Balaban J connectivity index is 1.82. The number of aromatic nitrogens is 4. The van der Waals surface area contributed by atoms with E-state index in [1.807, 2.05) is 0 Å². The predicted molar refractivity (Wildman–Crippen MR) is 80.9 cm³/mol. The van der Waals surface area contributed by atoms with E-state index in [1.165, 1.54) is 29.5 Å². The summed E-state index contributed by atoms with van der Waals surface area (Å²) in [5.74, 6) is -0.586. The molecular weight excluding hydrogens is 351 g/mol. The van der Waals surface area contributed by atoms with E-state index in [0.717, 1.165) is 4.47 Å². The quantitative estimate of drug-likeness (QED) is 0.671. The summed E-state index contributed by atoms with van der Waals surface area (Å²) in [6, 6.07) is 6.29. The topological polar surface area (TPSA) is 60.7 Å². The first-order chi connectivity index (χ1) is 10.6. The lowest BCUT2D eigenvalue weighted by Gasteiger charge is -2.04. The zero-order valence-electron chi connectivity index (χ0n) is 11.3. The number of hydrogen-bond donors (Lipinski definition) is 0. The molecule has 2 heterocycles. The lowest BCUT2D eigenvalue weighted by Crippen LogP contribution is -2.07. The molecule has 0 aliphatic carbocycles. The van der Waals surface area contributed by atoms with Crippen LogP contribution in [0, 0.1) is 5.82 Å². The molecule has 2 aromatic heterocycles. The molecule has 0 fully saturated rings. The van der Waals surface area contributed by atoms with Gasteiger partial charge in [0.15, 0.2) is 0 Å². The van der Waals surface area contributed by atoms with Crippen LogP contribution >= 0.6 is 15.9 Å². The third kappa shape index (κ3) is 3.09. The first kappa shape index (κ1) is 14.5. The van der Waals surface area contributed by atoms with Crippen molar-refractivity contribution in [3.8, 4) is 0 Å². The SMILES string of the molecule is O=C(c1cncnc1)c1ccn(Cc2cc(Br)ccc2F)n1. The van der Waals surface area contributed by atoms with Crippen molar-refractivity contribution in [2.24, 2.45) is 0 Å². The van der Waals surface area contributed by atoms with Crippen LogP contribution in [0.5, 0.6) is 0 Å². The fourth-order valence-corrected chi connectivity index (χ4v) is 2.38. The van der Waals surface area contributed by atoms with Gasteiger partial charge in [-0.3, -0.25) is 9.48 Å². The standard InChI is InChI=1S/C15H10BrFN4O/c16-12-1-2-13(17)10(5-12)8-21-4-3-14(20-21)15(22)11-6-18-9-19-7-11/h1-7,9H,8H2. The number of rotatable bonds is 4. The molecule has 0 radical (unpaired) electrons. The lowest BCUT2D eigenvalue weighted by atomic mass is 10.2. The second kappa shape index (κ2) is 6.15. The second-order valence-electron chi connectivity index (χ2n) is 4.59. The van der Waals surface area contributed by atoms with Crippen molar-refractivity contribution in [1.29, 1.82) is 0 Å². The van der Waals surface area contributed by atoms with Crippen molar-refractivity contribution >= 4 is 21.7 Å². The average Bonchev–Trinajstić information content (AvgIpc) is 2.99. The second-order valence-corrected chi connectivity index (χ2v) is 5.51. The Morgan fingerprint density at radius 2 is 2.00 bits per heavy atom. The summed E-state index contributed by atoms with van der Waals surface area (Å²) in [6.07, 6.45) is 5.85. The zero-order valence-corrected chi connectivity index (χ0v) is 12.9. The Morgan fingerprint density at radius 1 is 1.23 bits per heavy atom. The van der Waals surface area contributed by atoms with Crippen LogP contribution < -0.4 is 0 Å². The van der Waals surface area contributed by atoms with E-state index in [1.54, 1.807) is 24.4 Å². The van der Waals surface area contributed by atoms with Gasteiger partial charge in [-0.1, -0.05) is 15.9 Å². The summed E-state index contributed by atoms with van der Waals surface area (Å²) in [5, 5.41) is 4.18.